The van der Waals surface area contributed by atoms with Crippen LogP contribution in [0, 0.1) is 0 Å². The van der Waals surface area contributed by atoms with Gasteiger partial charge in [-0.2, -0.15) is 5.10 Å². The highest BCUT2D eigenvalue weighted by Gasteiger charge is 2.02. The summed E-state index contributed by atoms with van der Waals surface area (Å²) in [6.07, 6.45) is 1.65. The Hall–Kier alpha value is -1.11. The summed E-state index contributed by atoms with van der Waals surface area (Å²) < 4.78 is 1.07. The van der Waals surface area contributed by atoms with Gasteiger partial charge in [0, 0.05) is 15.1 Å². The van der Waals surface area contributed by atoms with Crippen molar-refractivity contribution >= 4 is 51.2 Å². The summed E-state index contributed by atoms with van der Waals surface area (Å²) >= 11 is 6.63. The predicted molar refractivity (Wildman–Crippen MR) is 90.4 cm³/mol. The highest BCUT2D eigenvalue weighted by atomic mass is 79.9. The summed E-state index contributed by atoms with van der Waals surface area (Å²) in [6.45, 7) is 0. The number of nitrogens with one attached hydrogen (secondary N) is 1. The lowest BCUT2D eigenvalue weighted by Crippen LogP contribution is -2.19. The molecule has 3 nitrogen and oxygen atoms in total. The van der Waals surface area contributed by atoms with E-state index in [2.05, 4.69) is 26.5 Å². The molecule has 1 amide bonds. The van der Waals surface area contributed by atoms with E-state index in [1.54, 1.807) is 29.3 Å². The molecule has 104 valence electrons. The molecule has 0 radical (unpaired) electrons. The van der Waals surface area contributed by atoms with Crippen molar-refractivity contribution in [3.8, 4) is 0 Å². The number of benzene rings is 1. The summed E-state index contributed by atoms with van der Waals surface area (Å²) in [7, 11) is 0. The predicted octanol–water partition coefficient (Wildman–Crippen LogP) is 3.89. The van der Waals surface area contributed by atoms with E-state index < -0.39 is 0 Å². The van der Waals surface area contributed by atoms with Gasteiger partial charge in [-0.15, -0.1) is 23.1 Å². The number of hydrogen-bond donors (Lipinski definition) is 1. The van der Waals surface area contributed by atoms with Crippen LogP contribution in [0.2, 0.25) is 0 Å². The first-order valence-electron chi connectivity index (χ1n) is 5.92. The maximum atomic E-state index is 11.6. The summed E-state index contributed by atoms with van der Waals surface area (Å²) in [6, 6.07) is 11.9. The Labute approximate surface area is 134 Å². The summed E-state index contributed by atoms with van der Waals surface area (Å²) in [4.78, 5) is 12.6. The highest BCUT2D eigenvalue weighted by Crippen LogP contribution is 2.20. The van der Waals surface area contributed by atoms with Gasteiger partial charge in [-0.05, 0) is 23.1 Å². The maximum absolute atomic E-state index is 11.6. The van der Waals surface area contributed by atoms with E-state index >= 15 is 0 Å². The lowest BCUT2D eigenvalue weighted by atomic mass is 10.2. The summed E-state index contributed by atoms with van der Waals surface area (Å²) in [5, 5.41) is 5.89. The zero-order valence-electron chi connectivity index (χ0n) is 10.6. The van der Waals surface area contributed by atoms with Gasteiger partial charge < -0.3 is 0 Å². The van der Waals surface area contributed by atoms with Crippen molar-refractivity contribution < 1.29 is 4.79 Å². The first-order valence-corrected chi connectivity index (χ1v) is 8.75. The molecule has 0 atom stereocenters. The van der Waals surface area contributed by atoms with Crippen molar-refractivity contribution in [2.45, 2.75) is 5.75 Å². The van der Waals surface area contributed by atoms with Crippen LogP contribution in [-0.4, -0.2) is 17.9 Å². The smallest absolute Gasteiger partial charge is 0.250 e. The fraction of sp³-hybridized carbons (Fsp3) is 0.143. The number of thiophene rings is 1. The van der Waals surface area contributed by atoms with Gasteiger partial charge in [-0.25, -0.2) is 5.43 Å². The maximum Gasteiger partial charge on any atom is 0.250 e. The van der Waals surface area contributed by atoms with Crippen LogP contribution in [0.4, 0.5) is 0 Å². The van der Waals surface area contributed by atoms with Crippen LogP contribution in [0.25, 0.3) is 0 Å². The molecule has 0 aliphatic heterocycles. The molecule has 6 heteroatoms. The molecule has 1 N–H and O–H groups in total. The van der Waals surface area contributed by atoms with Gasteiger partial charge >= 0.3 is 0 Å². The molecule has 1 aromatic carbocycles. The van der Waals surface area contributed by atoms with E-state index in [1.807, 2.05) is 41.8 Å². The Kier molecular flexibility index (Phi) is 6.29. The molecule has 1 heterocycles. The second-order valence-electron chi connectivity index (χ2n) is 3.89. The number of carbonyl (C=O) groups excluding carboxylic acids is 1. The van der Waals surface area contributed by atoms with Crippen LogP contribution in [0.5, 0.6) is 0 Å². The van der Waals surface area contributed by atoms with Gasteiger partial charge in [-0.3, -0.25) is 4.79 Å². The molecule has 0 saturated carbocycles. The zero-order chi connectivity index (χ0) is 14.2. The number of hydrazone groups is 1. The van der Waals surface area contributed by atoms with Crippen LogP contribution in [0.1, 0.15) is 10.4 Å². The average molecular weight is 369 g/mol. The Morgan fingerprint density at radius 1 is 1.35 bits per heavy atom. The largest absolute Gasteiger partial charge is 0.272 e. The lowest BCUT2D eigenvalue weighted by Gasteiger charge is -2.03. The molecule has 0 unspecified atom stereocenters. The van der Waals surface area contributed by atoms with Crippen molar-refractivity contribution in [2.75, 3.05) is 5.75 Å². The number of thioether (sulfide) groups is 1. The molecule has 0 spiro atoms. The van der Waals surface area contributed by atoms with Crippen molar-refractivity contribution in [2.24, 2.45) is 5.10 Å². The van der Waals surface area contributed by atoms with Crippen molar-refractivity contribution in [1.82, 2.24) is 5.43 Å². The van der Waals surface area contributed by atoms with E-state index in [-0.39, 0.29) is 5.91 Å². The van der Waals surface area contributed by atoms with E-state index in [4.69, 9.17) is 0 Å². The quantitative estimate of drug-likeness (QED) is 0.620. The first-order chi connectivity index (χ1) is 9.75. The molecular formula is C14H13BrN2OS2. The number of nitrogens with zero attached hydrogens (tertiary/aromatic N) is 1. The van der Waals surface area contributed by atoms with E-state index in [9.17, 15) is 4.79 Å². The molecule has 20 heavy (non-hydrogen) atoms. The van der Waals surface area contributed by atoms with Crippen molar-refractivity contribution in [3.05, 3.63) is 56.7 Å². The topological polar surface area (TPSA) is 41.5 Å². The molecule has 1 aromatic heterocycles. The molecular weight excluding hydrogens is 356 g/mol. The molecule has 0 aliphatic rings. The Bertz CT molecular complexity index is 585. The fourth-order valence-electron chi connectivity index (χ4n) is 1.43. The fourth-order valence-corrected chi connectivity index (χ4v) is 3.45. The summed E-state index contributed by atoms with van der Waals surface area (Å²) in [5.74, 6) is 1.10. The van der Waals surface area contributed by atoms with E-state index in [0.29, 0.717) is 5.75 Å². The highest BCUT2D eigenvalue weighted by molar-refractivity contribution is 9.10. The second-order valence-corrected chi connectivity index (χ2v) is 6.71. The zero-order valence-corrected chi connectivity index (χ0v) is 13.8. The number of amides is 1. The third kappa shape index (κ3) is 5.11. The molecule has 2 rings (SSSR count). The van der Waals surface area contributed by atoms with Crippen LogP contribution in [-0.2, 0) is 10.5 Å². The van der Waals surface area contributed by atoms with Crippen molar-refractivity contribution in [1.29, 1.82) is 0 Å². The van der Waals surface area contributed by atoms with Crippen LogP contribution in [0.15, 0.2) is 51.4 Å². The minimum absolute atomic E-state index is 0.0881. The minimum atomic E-state index is -0.0881. The van der Waals surface area contributed by atoms with Gasteiger partial charge in [0.15, 0.2) is 0 Å². The number of halogens is 1. The third-order valence-corrected chi connectivity index (χ3v) is 4.93. The number of carbonyl (C=O) groups is 1. The lowest BCUT2D eigenvalue weighted by molar-refractivity contribution is -0.118. The van der Waals surface area contributed by atoms with Gasteiger partial charge in [0.25, 0.3) is 0 Å². The average Bonchev–Trinajstić information content (AvgIpc) is 2.94. The van der Waals surface area contributed by atoms with Crippen LogP contribution in [0.3, 0.4) is 0 Å². The molecule has 0 aliphatic carbocycles. The number of hydrogen-bond acceptors (Lipinski definition) is 4. The monoisotopic (exact) mass is 368 g/mol. The number of rotatable bonds is 6. The van der Waals surface area contributed by atoms with Crippen LogP contribution >= 0.6 is 39.0 Å². The molecule has 0 fully saturated rings. The molecule has 2 aromatic rings. The Balaban J connectivity index is 1.69. The molecule has 0 saturated heterocycles. The van der Waals surface area contributed by atoms with Crippen LogP contribution < -0.4 is 5.43 Å². The SMILES string of the molecule is O=C(CSCc1ccccc1Br)N/N=C\c1cccs1. The van der Waals surface area contributed by atoms with E-state index in [0.717, 1.165) is 15.1 Å². The minimum Gasteiger partial charge on any atom is -0.272 e. The van der Waals surface area contributed by atoms with Gasteiger partial charge in [-0.1, -0.05) is 40.2 Å². The van der Waals surface area contributed by atoms with Gasteiger partial charge in [0.2, 0.25) is 5.91 Å². The Morgan fingerprint density at radius 2 is 2.20 bits per heavy atom. The summed E-state index contributed by atoms with van der Waals surface area (Å²) in [5.41, 5.74) is 3.71. The standard InChI is InChI=1S/C14H13BrN2OS2/c15-13-6-2-1-4-11(13)9-19-10-14(18)17-16-8-12-5-3-7-20-12/h1-8H,9-10H2,(H,17,18)/b16-8-. The molecule has 0 bridgehead atoms. The van der Waals surface area contributed by atoms with E-state index in [1.165, 1.54) is 5.56 Å². The third-order valence-electron chi connectivity index (χ3n) is 2.37. The van der Waals surface area contributed by atoms with Crippen molar-refractivity contribution in [3.63, 3.8) is 0 Å². The second kappa shape index (κ2) is 8.24. The normalized spacial score (nSPS) is 10.8. The first kappa shape index (κ1) is 15.3. The Morgan fingerprint density at radius 3 is 2.95 bits per heavy atom. The van der Waals surface area contributed by atoms with Gasteiger partial charge in [0.1, 0.15) is 0 Å². The van der Waals surface area contributed by atoms with Gasteiger partial charge in [0.05, 0.1) is 12.0 Å².